The fourth-order valence-electron chi connectivity index (χ4n) is 3.18. The summed E-state index contributed by atoms with van der Waals surface area (Å²) in [4.78, 5) is 17.4. The number of hydrogen-bond donors (Lipinski definition) is 3. The second-order valence-corrected chi connectivity index (χ2v) is 6.38. The largest absolute Gasteiger partial charge is 0.481 e. The maximum atomic E-state index is 10.9. The number of carbonyl (C=O) groups is 1. The molecule has 6 heteroatoms. The fourth-order valence-corrected chi connectivity index (χ4v) is 3.18. The first-order valence-electron chi connectivity index (χ1n) is 9.15. The van der Waals surface area contributed by atoms with Gasteiger partial charge in [0, 0.05) is 36.8 Å². The lowest BCUT2D eigenvalue weighted by molar-refractivity contribution is -0.137. The fraction of sp³-hybridized carbons (Fsp3) is 0.286. The van der Waals surface area contributed by atoms with Crippen molar-refractivity contribution >= 4 is 39.3 Å². The molecule has 0 aliphatic rings. The Balaban J connectivity index is 1.82. The first-order valence-corrected chi connectivity index (χ1v) is 9.15. The number of para-hydroxylation sites is 2. The minimum atomic E-state index is -0.844. The van der Waals surface area contributed by atoms with Crippen molar-refractivity contribution in [1.82, 2.24) is 9.88 Å². The zero-order valence-corrected chi connectivity index (χ0v) is 15.4. The molecule has 1 heterocycles. The van der Waals surface area contributed by atoms with Crippen molar-refractivity contribution in [1.29, 1.82) is 5.41 Å². The smallest absolute Gasteiger partial charge is 0.305 e. The van der Waals surface area contributed by atoms with E-state index in [9.17, 15) is 4.79 Å². The van der Waals surface area contributed by atoms with Crippen LogP contribution in [0.15, 0.2) is 48.5 Å². The average molecular weight is 364 g/mol. The molecule has 0 aliphatic heterocycles. The quantitative estimate of drug-likeness (QED) is 0.320. The highest BCUT2D eigenvalue weighted by Crippen LogP contribution is 2.30. The maximum absolute atomic E-state index is 10.9. The number of amidine groups is 1. The molecule has 0 bridgehead atoms. The third kappa shape index (κ3) is 4.34. The van der Waals surface area contributed by atoms with Gasteiger partial charge in [-0.15, -0.1) is 0 Å². The van der Waals surface area contributed by atoms with Crippen LogP contribution < -0.4 is 5.32 Å². The number of aliphatic carboxylic acids is 1. The predicted molar refractivity (Wildman–Crippen MR) is 110 cm³/mol. The molecular formula is C21H24N4O2. The summed E-state index contributed by atoms with van der Waals surface area (Å²) in [7, 11) is 0. The molecule has 3 aromatic rings. The van der Waals surface area contributed by atoms with Gasteiger partial charge in [0.15, 0.2) is 0 Å². The molecule has 3 rings (SSSR count). The van der Waals surface area contributed by atoms with E-state index in [1.807, 2.05) is 60.4 Å². The Labute approximate surface area is 158 Å². The normalized spacial score (nSPS) is 10.9. The van der Waals surface area contributed by atoms with Gasteiger partial charge >= 0.3 is 5.97 Å². The van der Waals surface area contributed by atoms with E-state index in [-0.39, 0.29) is 6.42 Å². The van der Waals surface area contributed by atoms with Gasteiger partial charge in [-0.3, -0.25) is 10.2 Å². The van der Waals surface area contributed by atoms with Crippen LogP contribution in [0.5, 0.6) is 0 Å². The van der Waals surface area contributed by atoms with Crippen LogP contribution in [0.4, 0.5) is 5.69 Å². The highest BCUT2D eigenvalue weighted by atomic mass is 16.4. The van der Waals surface area contributed by atoms with E-state index in [0.29, 0.717) is 31.9 Å². The van der Waals surface area contributed by atoms with Crippen LogP contribution in [0.1, 0.15) is 19.8 Å². The van der Waals surface area contributed by atoms with E-state index < -0.39 is 5.97 Å². The zero-order chi connectivity index (χ0) is 19.2. The molecule has 0 aliphatic carbocycles. The van der Waals surface area contributed by atoms with Crippen molar-refractivity contribution in [3.63, 3.8) is 0 Å². The van der Waals surface area contributed by atoms with Crippen LogP contribution >= 0.6 is 0 Å². The number of nitrogens with one attached hydrogen (secondary N) is 2. The van der Waals surface area contributed by atoms with Crippen LogP contribution in [0.3, 0.4) is 0 Å². The molecule has 0 saturated carbocycles. The number of aromatic nitrogens is 1. The number of rotatable bonds is 8. The summed E-state index contributed by atoms with van der Waals surface area (Å²) >= 11 is 0. The zero-order valence-electron chi connectivity index (χ0n) is 15.4. The van der Waals surface area contributed by atoms with Gasteiger partial charge in [0.05, 0.1) is 29.0 Å². The number of anilines is 1. The highest BCUT2D eigenvalue weighted by molar-refractivity contribution is 6.07. The van der Waals surface area contributed by atoms with Crippen LogP contribution in [-0.2, 0) is 4.79 Å². The van der Waals surface area contributed by atoms with E-state index >= 15 is 0 Å². The first-order chi connectivity index (χ1) is 13.1. The minimum absolute atomic E-state index is 0.0312. The summed E-state index contributed by atoms with van der Waals surface area (Å²) in [6.07, 6.45) is 0.615. The summed E-state index contributed by atoms with van der Waals surface area (Å²) in [6, 6.07) is 16.0. The lowest BCUT2D eigenvalue weighted by Crippen LogP contribution is -2.35. The molecule has 2 aromatic carbocycles. The molecule has 0 fully saturated rings. The number of carboxylic acid groups (broad SMARTS) is 1. The van der Waals surface area contributed by atoms with Crippen molar-refractivity contribution in [3.8, 4) is 0 Å². The van der Waals surface area contributed by atoms with Gasteiger partial charge in [-0.25, -0.2) is 4.98 Å². The molecule has 0 amide bonds. The van der Waals surface area contributed by atoms with Gasteiger partial charge in [-0.1, -0.05) is 43.3 Å². The Morgan fingerprint density at radius 3 is 2.22 bits per heavy atom. The third-order valence-electron chi connectivity index (χ3n) is 4.58. The van der Waals surface area contributed by atoms with Gasteiger partial charge in [0.2, 0.25) is 0 Å². The molecule has 140 valence electrons. The van der Waals surface area contributed by atoms with Crippen LogP contribution in [0, 0.1) is 5.41 Å². The molecule has 0 radical (unpaired) electrons. The number of carboxylic acids is 1. The number of fused-ring (bicyclic) bond motifs is 2. The number of benzene rings is 2. The van der Waals surface area contributed by atoms with Crippen molar-refractivity contribution in [2.24, 2.45) is 0 Å². The van der Waals surface area contributed by atoms with Crippen molar-refractivity contribution in [3.05, 3.63) is 48.5 Å². The van der Waals surface area contributed by atoms with Gasteiger partial charge < -0.3 is 15.3 Å². The van der Waals surface area contributed by atoms with Gasteiger partial charge in [0.25, 0.3) is 0 Å². The second-order valence-electron chi connectivity index (χ2n) is 6.38. The first kappa shape index (κ1) is 18.6. The van der Waals surface area contributed by atoms with Crippen molar-refractivity contribution in [2.75, 3.05) is 25.0 Å². The van der Waals surface area contributed by atoms with Crippen LogP contribution in [0.25, 0.3) is 21.8 Å². The Morgan fingerprint density at radius 1 is 1.07 bits per heavy atom. The molecule has 0 unspecified atom stereocenters. The Morgan fingerprint density at radius 2 is 1.67 bits per heavy atom. The van der Waals surface area contributed by atoms with Crippen molar-refractivity contribution in [2.45, 2.75) is 19.8 Å². The molecule has 3 N–H and O–H groups in total. The van der Waals surface area contributed by atoms with Gasteiger partial charge in [-0.05, 0) is 12.1 Å². The molecule has 0 spiro atoms. The summed E-state index contributed by atoms with van der Waals surface area (Å²) in [5.74, 6) is -0.384. The number of hydrogen-bond acceptors (Lipinski definition) is 4. The maximum Gasteiger partial charge on any atom is 0.305 e. The topological polar surface area (TPSA) is 89.3 Å². The minimum Gasteiger partial charge on any atom is -0.481 e. The van der Waals surface area contributed by atoms with Gasteiger partial charge in [0.1, 0.15) is 0 Å². The predicted octanol–water partition coefficient (Wildman–Crippen LogP) is 3.96. The lowest BCUT2D eigenvalue weighted by atomic mass is 10.1. The van der Waals surface area contributed by atoms with E-state index in [4.69, 9.17) is 15.5 Å². The molecule has 27 heavy (non-hydrogen) atoms. The summed E-state index contributed by atoms with van der Waals surface area (Å²) < 4.78 is 0. The molecule has 0 saturated heterocycles. The SMILES string of the molecule is CCC(=N)N(CCNc1c2ccccc2nc2ccccc12)CCC(=O)O. The van der Waals surface area contributed by atoms with Crippen LogP contribution in [-0.4, -0.2) is 46.4 Å². The van der Waals surface area contributed by atoms with E-state index in [0.717, 1.165) is 27.5 Å². The van der Waals surface area contributed by atoms with Crippen molar-refractivity contribution < 1.29 is 9.90 Å². The number of pyridine rings is 1. The highest BCUT2D eigenvalue weighted by Gasteiger charge is 2.12. The third-order valence-corrected chi connectivity index (χ3v) is 4.58. The summed E-state index contributed by atoms with van der Waals surface area (Å²) in [5, 5.41) is 22.6. The monoisotopic (exact) mass is 364 g/mol. The summed E-state index contributed by atoms with van der Waals surface area (Å²) in [6.45, 7) is 3.44. The lowest BCUT2D eigenvalue weighted by Gasteiger charge is -2.24. The Kier molecular flexibility index (Phi) is 5.86. The van der Waals surface area contributed by atoms with Crippen LogP contribution in [0.2, 0.25) is 0 Å². The average Bonchev–Trinajstić information content (AvgIpc) is 2.69. The molecule has 6 nitrogen and oxygen atoms in total. The molecular weight excluding hydrogens is 340 g/mol. The Bertz CT molecular complexity index is 917. The second kappa shape index (κ2) is 8.49. The number of nitrogens with zero attached hydrogens (tertiary/aromatic N) is 2. The van der Waals surface area contributed by atoms with E-state index in [1.165, 1.54) is 0 Å². The van der Waals surface area contributed by atoms with E-state index in [1.54, 1.807) is 0 Å². The van der Waals surface area contributed by atoms with Gasteiger partial charge in [-0.2, -0.15) is 0 Å². The summed E-state index contributed by atoms with van der Waals surface area (Å²) in [5.41, 5.74) is 2.89. The molecule has 1 aromatic heterocycles. The Hall–Kier alpha value is -3.15. The van der Waals surface area contributed by atoms with E-state index in [2.05, 4.69) is 5.32 Å². The standard InChI is InChI=1S/C21H24N4O2/c1-2-19(22)25(13-11-20(26)27)14-12-23-21-15-7-3-5-9-17(15)24-18-10-6-4-8-16(18)21/h3-10,22H,2,11-14H2,1H3,(H,23,24)(H,26,27). The molecule has 0 atom stereocenters.